The van der Waals surface area contributed by atoms with Crippen molar-refractivity contribution in [3.05, 3.63) is 35.8 Å². The van der Waals surface area contributed by atoms with Crippen LogP contribution in [0.15, 0.2) is 28.7 Å². The second kappa shape index (κ2) is 4.05. The molecule has 2 fully saturated rings. The normalized spacial score (nSPS) is 30.5. The van der Waals surface area contributed by atoms with E-state index in [1.807, 2.05) is 12.1 Å². The van der Waals surface area contributed by atoms with Crippen LogP contribution in [0.1, 0.15) is 31.1 Å². The van der Waals surface area contributed by atoms with E-state index in [1.165, 1.54) is 25.3 Å². The first-order chi connectivity index (χ1) is 9.26. The number of hydrazine groups is 1. The van der Waals surface area contributed by atoms with Crippen LogP contribution in [0.25, 0.3) is 11.0 Å². The molecule has 2 aliphatic rings. The highest BCUT2D eigenvalue weighted by Crippen LogP contribution is 2.57. The maximum absolute atomic E-state index is 13.7. The van der Waals surface area contributed by atoms with Crippen molar-refractivity contribution in [3.63, 3.8) is 0 Å². The zero-order valence-corrected chi connectivity index (χ0v) is 10.6. The van der Waals surface area contributed by atoms with Gasteiger partial charge >= 0.3 is 0 Å². The Morgan fingerprint density at radius 2 is 2.05 bits per heavy atom. The highest BCUT2D eigenvalue weighted by atomic mass is 19.1. The third-order valence-corrected chi connectivity index (χ3v) is 4.75. The summed E-state index contributed by atoms with van der Waals surface area (Å²) in [6.07, 6.45) is 3.79. The van der Waals surface area contributed by atoms with E-state index in [1.54, 1.807) is 6.07 Å². The van der Waals surface area contributed by atoms with E-state index >= 15 is 0 Å². The summed E-state index contributed by atoms with van der Waals surface area (Å²) in [6, 6.07) is 6.90. The molecule has 3 unspecified atom stereocenters. The highest BCUT2D eigenvalue weighted by Gasteiger charge is 2.48. The van der Waals surface area contributed by atoms with E-state index in [2.05, 4.69) is 5.43 Å². The Morgan fingerprint density at radius 3 is 2.74 bits per heavy atom. The number of nitrogens with two attached hydrogens (primary N) is 1. The number of para-hydroxylation sites is 1. The van der Waals surface area contributed by atoms with E-state index in [9.17, 15) is 4.39 Å². The first-order valence-corrected chi connectivity index (χ1v) is 6.90. The lowest BCUT2D eigenvalue weighted by molar-refractivity contribution is 0.303. The van der Waals surface area contributed by atoms with Gasteiger partial charge in [-0.15, -0.1) is 0 Å². The number of halogens is 1. The molecule has 0 amide bonds. The molecule has 2 saturated carbocycles. The van der Waals surface area contributed by atoms with Crippen LogP contribution in [0.2, 0.25) is 0 Å². The molecule has 100 valence electrons. The van der Waals surface area contributed by atoms with Gasteiger partial charge in [-0.3, -0.25) is 5.84 Å². The van der Waals surface area contributed by atoms with E-state index in [-0.39, 0.29) is 11.9 Å². The molecular weight excluding hydrogens is 243 g/mol. The first-order valence-electron chi connectivity index (χ1n) is 6.90. The Labute approximate surface area is 110 Å². The number of hydrogen-bond donors (Lipinski definition) is 2. The van der Waals surface area contributed by atoms with E-state index in [0.29, 0.717) is 11.5 Å². The number of rotatable bonds is 3. The van der Waals surface area contributed by atoms with Crippen LogP contribution >= 0.6 is 0 Å². The number of benzene rings is 1. The molecule has 0 aliphatic heterocycles. The van der Waals surface area contributed by atoms with Crippen molar-refractivity contribution < 1.29 is 8.81 Å². The molecule has 4 rings (SSSR count). The van der Waals surface area contributed by atoms with Crippen LogP contribution in [0.5, 0.6) is 0 Å². The molecule has 19 heavy (non-hydrogen) atoms. The minimum atomic E-state index is -0.311. The van der Waals surface area contributed by atoms with Crippen LogP contribution < -0.4 is 11.3 Å². The maximum atomic E-state index is 13.7. The van der Waals surface area contributed by atoms with Crippen molar-refractivity contribution in [3.8, 4) is 0 Å². The Bertz CT molecular complexity index is 614. The number of nitrogens with one attached hydrogen (secondary N) is 1. The maximum Gasteiger partial charge on any atom is 0.169 e. The van der Waals surface area contributed by atoms with E-state index in [0.717, 1.165) is 23.0 Å². The van der Waals surface area contributed by atoms with Gasteiger partial charge in [-0.25, -0.2) is 9.82 Å². The summed E-state index contributed by atoms with van der Waals surface area (Å²) in [4.78, 5) is 0. The second-order valence-corrected chi connectivity index (χ2v) is 5.94. The molecule has 0 saturated heterocycles. The topological polar surface area (TPSA) is 51.2 Å². The fourth-order valence-electron chi connectivity index (χ4n) is 3.69. The van der Waals surface area contributed by atoms with Crippen LogP contribution in [-0.4, -0.2) is 0 Å². The Hall–Kier alpha value is -1.39. The fourth-order valence-corrected chi connectivity index (χ4v) is 3.69. The smallest absolute Gasteiger partial charge is 0.169 e. The number of hydrogen-bond acceptors (Lipinski definition) is 3. The Kier molecular flexibility index (Phi) is 2.44. The fraction of sp³-hybridized carbons (Fsp3) is 0.467. The van der Waals surface area contributed by atoms with Gasteiger partial charge < -0.3 is 4.42 Å². The molecule has 1 heterocycles. The lowest BCUT2D eigenvalue weighted by Gasteiger charge is -2.21. The first kappa shape index (κ1) is 11.4. The van der Waals surface area contributed by atoms with Crippen molar-refractivity contribution >= 4 is 11.0 Å². The van der Waals surface area contributed by atoms with Gasteiger partial charge in [-0.05, 0) is 49.1 Å². The van der Waals surface area contributed by atoms with Gasteiger partial charge in [-0.1, -0.05) is 12.1 Å². The molecule has 3 N–H and O–H groups in total. The van der Waals surface area contributed by atoms with Gasteiger partial charge in [0.1, 0.15) is 5.76 Å². The molecule has 0 radical (unpaired) electrons. The van der Waals surface area contributed by atoms with Crippen molar-refractivity contribution in [2.45, 2.75) is 25.3 Å². The summed E-state index contributed by atoms with van der Waals surface area (Å²) in [7, 11) is 0. The lowest BCUT2D eigenvalue weighted by Crippen LogP contribution is -2.32. The summed E-state index contributed by atoms with van der Waals surface area (Å²) < 4.78 is 19.4. The van der Waals surface area contributed by atoms with Crippen molar-refractivity contribution in [1.29, 1.82) is 0 Å². The Morgan fingerprint density at radius 1 is 1.26 bits per heavy atom. The summed E-state index contributed by atoms with van der Waals surface area (Å²) >= 11 is 0. The summed E-state index contributed by atoms with van der Waals surface area (Å²) in [5.41, 5.74) is 3.20. The summed E-state index contributed by atoms with van der Waals surface area (Å²) in [6.45, 7) is 0. The van der Waals surface area contributed by atoms with Gasteiger partial charge in [-0.2, -0.15) is 0 Å². The molecule has 2 aliphatic carbocycles. The average molecular weight is 260 g/mol. The third kappa shape index (κ3) is 1.78. The predicted molar refractivity (Wildman–Crippen MR) is 70.6 cm³/mol. The van der Waals surface area contributed by atoms with Gasteiger partial charge in [0.25, 0.3) is 0 Å². The largest absolute Gasteiger partial charge is 0.456 e. The average Bonchev–Trinajstić information content (AvgIpc) is 2.85. The summed E-state index contributed by atoms with van der Waals surface area (Å²) in [5.74, 6) is 8.44. The van der Waals surface area contributed by atoms with Crippen molar-refractivity contribution in [2.75, 3.05) is 0 Å². The van der Waals surface area contributed by atoms with Crippen LogP contribution in [-0.2, 0) is 0 Å². The Balaban J connectivity index is 1.69. The van der Waals surface area contributed by atoms with Crippen LogP contribution in [0.4, 0.5) is 4.39 Å². The van der Waals surface area contributed by atoms with Crippen LogP contribution in [0, 0.1) is 23.6 Å². The van der Waals surface area contributed by atoms with Gasteiger partial charge in [0.05, 0.1) is 6.04 Å². The molecule has 0 spiro atoms. The zero-order valence-electron chi connectivity index (χ0n) is 10.6. The second-order valence-electron chi connectivity index (χ2n) is 5.94. The van der Waals surface area contributed by atoms with E-state index in [4.69, 9.17) is 10.3 Å². The molecule has 1 aromatic carbocycles. The highest BCUT2D eigenvalue weighted by molar-refractivity contribution is 5.78. The molecule has 3 atom stereocenters. The quantitative estimate of drug-likeness (QED) is 0.658. The minimum absolute atomic E-state index is 0.000370. The van der Waals surface area contributed by atoms with Crippen molar-refractivity contribution in [2.24, 2.45) is 23.6 Å². The zero-order chi connectivity index (χ0) is 13.0. The molecule has 0 bridgehead atoms. The summed E-state index contributed by atoms with van der Waals surface area (Å²) in [5, 5.41) is 0.804. The molecule has 3 nitrogen and oxygen atoms in total. The standard InChI is InChI=1S/C15H17FN2O/c16-12-3-1-2-8-7-13(19-15(8)12)14(18-17)11-5-9-4-10(9)6-11/h1-3,7,9-11,14,18H,4-6,17H2. The number of furan rings is 1. The predicted octanol–water partition coefficient (Wildman–Crippen LogP) is 3.12. The van der Waals surface area contributed by atoms with Gasteiger partial charge in [0.15, 0.2) is 11.4 Å². The van der Waals surface area contributed by atoms with Gasteiger partial charge in [0, 0.05) is 5.39 Å². The van der Waals surface area contributed by atoms with Gasteiger partial charge in [0.2, 0.25) is 0 Å². The molecular formula is C15H17FN2O. The van der Waals surface area contributed by atoms with Crippen molar-refractivity contribution in [1.82, 2.24) is 5.43 Å². The molecule has 2 aromatic rings. The monoisotopic (exact) mass is 260 g/mol. The molecule has 1 aromatic heterocycles. The third-order valence-electron chi connectivity index (χ3n) is 4.75. The van der Waals surface area contributed by atoms with Crippen LogP contribution in [0.3, 0.4) is 0 Å². The minimum Gasteiger partial charge on any atom is -0.456 e. The van der Waals surface area contributed by atoms with E-state index < -0.39 is 0 Å². The molecule has 4 heteroatoms. The number of fused-ring (bicyclic) bond motifs is 2. The lowest BCUT2D eigenvalue weighted by atomic mass is 9.93. The SMILES string of the molecule is NNC(c1cc2cccc(F)c2o1)C1CC2CC2C1.